The van der Waals surface area contributed by atoms with Crippen LogP contribution in [0.5, 0.6) is 0 Å². The van der Waals surface area contributed by atoms with Crippen LogP contribution in [0, 0.1) is 11.3 Å². The van der Waals surface area contributed by atoms with Gasteiger partial charge in [0.05, 0.1) is 13.2 Å². The molecule has 2 rings (SSSR count). The molecule has 2 atom stereocenters. The fourth-order valence-electron chi connectivity index (χ4n) is 3.22. The first-order valence-electron chi connectivity index (χ1n) is 8.22. The van der Waals surface area contributed by atoms with Crippen molar-refractivity contribution < 1.29 is 14.3 Å². The number of hydrogen-bond donors (Lipinski definition) is 0. The Morgan fingerprint density at radius 3 is 2.57 bits per heavy atom. The summed E-state index contributed by atoms with van der Waals surface area (Å²) in [5, 5.41) is 0. The van der Waals surface area contributed by atoms with Crippen molar-refractivity contribution in [2.75, 3.05) is 26.3 Å². The number of amides is 1. The molecule has 0 spiro atoms. The van der Waals surface area contributed by atoms with Crippen molar-refractivity contribution in [2.24, 2.45) is 11.3 Å². The second kappa shape index (κ2) is 7.41. The average molecular weight is 295 g/mol. The van der Waals surface area contributed by atoms with E-state index in [1.807, 2.05) is 11.0 Å². The lowest BCUT2D eigenvalue weighted by molar-refractivity contribution is -0.134. The summed E-state index contributed by atoms with van der Waals surface area (Å²) in [5.41, 5.74) is -0.160. The van der Waals surface area contributed by atoms with Crippen LogP contribution in [0.2, 0.25) is 0 Å². The molecule has 2 heterocycles. The van der Waals surface area contributed by atoms with Crippen molar-refractivity contribution in [1.29, 1.82) is 0 Å². The Morgan fingerprint density at radius 1 is 1.38 bits per heavy atom. The lowest BCUT2D eigenvalue weighted by atomic mass is 9.83. The van der Waals surface area contributed by atoms with Crippen molar-refractivity contribution in [1.82, 2.24) is 4.90 Å². The molecule has 0 bridgehead atoms. The van der Waals surface area contributed by atoms with Crippen molar-refractivity contribution in [3.63, 3.8) is 0 Å². The smallest absolute Gasteiger partial charge is 0.225 e. The highest BCUT2D eigenvalue weighted by atomic mass is 16.7. The topological polar surface area (TPSA) is 38.8 Å². The Labute approximate surface area is 128 Å². The van der Waals surface area contributed by atoms with Crippen LogP contribution in [0.25, 0.3) is 0 Å². The van der Waals surface area contributed by atoms with Crippen LogP contribution in [0.15, 0.2) is 12.7 Å². The van der Waals surface area contributed by atoms with Gasteiger partial charge in [0.2, 0.25) is 5.91 Å². The van der Waals surface area contributed by atoms with E-state index in [4.69, 9.17) is 9.47 Å². The Balaban J connectivity index is 1.76. The molecule has 4 nitrogen and oxygen atoms in total. The van der Waals surface area contributed by atoms with Crippen LogP contribution in [-0.2, 0) is 14.3 Å². The molecule has 0 aromatic heterocycles. The van der Waals surface area contributed by atoms with E-state index in [0.717, 1.165) is 45.2 Å². The van der Waals surface area contributed by atoms with E-state index in [1.54, 1.807) is 0 Å². The molecule has 0 aromatic carbocycles. The third-order valence-electron chi connectivity index (χ3n) is 4.82. The molecular formula is C17H29NO3. The van der Waals surface area contributed by atoms with Gasteiger partial charge >= 0.3 is 0 Å². The predicted octanol–water partition coefficient (Wildman–Crippen LogP) is 2.98. The zero-order valence-corrected chi connectivity index (χ0v) is 13.5. The van der Waals surface area contributed by atoms with Crippen LogP contribution in [0.4, 0.5) is 0 Å². The highest BCUT2D eigenvalue weighted by molar-refractivity contribution is 5.78. The van der Waals surface area contributed by atoms with E-state index < -0.39 is 0 Å². The average Bonchev–Trinajstić information content (AvgIpc) is 3.18. The SMILES string of the molecule is C=C[C@](C)(CCCC(C)C(=O)N1CCCC1)C1OCCO1. The van der Waals surface area contributed by atoms with Gasteiger partial charge in [-0.15, -0.1) is 6.58 Å². The summed E-state index contributed by atoms with van der Waals surface area (Å²) in [6.45, 7) is 11.3. The molecule has 1 amide bonds. The zero-order valence-electron chi connectivity index (χ0n) is 13.5. The van der Waals surface area contributed by atoms with Gasteiger partial charge < -0.3 is 14.4 Å². The molecule has 2 aliphatic heterocycles. The first-order chi connectivity index (χ1) is 10.1. The maximum Gasteiger partial charge on any atom is 0.225 e. The lowest BCUT2D eigenvalue weighted by Gasteiger charge is -2.31. The first kappa shape index (κ1) is 16.5. The molecule has 0 N–H and O–H groups in total. The maximum atomic E-state index is 12.3. The predicted molar refractivity (Wildman–Crippen MR) is 82.8 cm³/mol. The van der Waals surface area contributed by atoms with E-state index in [1.165, 1.54) is 0 Å². The van der Waals surface area contributed by atoms with Gasteiger partial charge in [-0.2, -0.15) is 0 Å². The molecule has 0 aliphatic carbocycles. The summed E-state index contributed by atoms with van der Waals surface area (Å²) < 4.78 is 11.3. The molecule has 0 aromatic rings. The van der Waals surface area contributed by atoms with Gasteiger partial charge in [-0.25, -0.2) is 0 Å². The Hall–Kier alpha value is -0.870. The number of carbonyl (C=O) groups is 1. The molecule has 1 unspecified atom stereocenters. The lowest BCUT2D eigenvalue weighted by Crippen LogP contribution is -2.33. The van der Waals surface area contributed by atoms with Crippen LogP contribution in [0.3, 0.4) is 0 Å². The third kappa shape index (κ3) is 4.07. The summed E-state index contributed by atoms with van der Waals surface area (Å²) in [6.07, 6.45) is 6.93. The highest BCUT2D eigenvalue weighted by Crippen LogP contribution is 2.35. The van der Waals surface area contributed by atoms with Gasteiger partial charge in [-0.1, -0.05) is 26.3 Å². The molecule has 120 valence electrons. The molecule has 2 fully saturated rings. The second-order valence-corrected chi connectivity index (χ2v) is 6.61. The molecule has 2 aliphatic rings. The molecule has 0 radical (unpaired) electrons. The van der Waals surface area contributed by atoms with Gasteiger partial charge in [0.1, 0.15) is 0 Å². The molecule has 4 heteroatoms. The second-order valence-electron chi connectivity index (χ2n) is 6.61. The Bertz CT molecular complexity index is 359. The number of carbonyl (C=O) groups excluding carboxylic acids is 1. The fraction of sp³-hybridized carbons (Fsp3) is 0.824. The number of rotatable bonds is 7. The van der Waals surface area contributed by atoms with Crippen LogP contribution in [-0.4, -0.2) is 43.4 Å². The van der Waals surface area contributed by atoms with Gasteiger partial charge in [-0.3, -0.25) is 4.79 Å². The number of nitrogens with zero attached hydrogens (tertiary/aromatic N) is 1. The largest absolute Gasteiger partial charge is 0.349 e. The van der Waals surface area contributed by atoms with Crippen molar-refractivity contribution in [2.45, 2.75) is 52.2 Å². The maximum absolute atomic E-state index is 12.3. The van der Waals surface area contributed by atoms with Crippen LogP contribution >= 0.6 is 0 Å². The number of likely N-dealkylation sites (tertiary alicyclic amines) is 1. The molecular weight excluding hydrogens is 266 g/mol. The van der Waals surface area contributed by atoms with Crippen LogP contribution < -0.4 is 0 Å². The minimum Gasteiger partial charge on any atom is -0.349 e. The normalized spacial score (nSPS) is 24.0. The quantitative estimate of drug-likeness (QED) is 0.678. The number of hydrogen-bond acceptors (Lipinski definition) is 3. The van der Waals surface area contributed by atoms with Crippen LogP contribution in [0.1, 0.15) is 46.0 Å². The van der Waals surface area contributed by atoms with E-state index in [0.29, 0.717) is 19.1 Å². The summed E-state index contributed by atoms with van der Waals surface area (Å²) in [4.78, 5) is 14.3. The monoisotopic (exact) mass is 295 g/mol. The van der Waals surface area contributed by atoms with E-state index in [-0.39, 0.29) is 17.6 Å². The van der Waals surface area contributed by atoms with Gasteiger partial charge in [-0.05, 0) is 25.7 Å². The van der Waals surface area contributed by atoms with Gasteiger partial charge in [0.15, 0.2) is 6.29 Å². The Morgan fingerprint density at radius 2 is 2.00 bits per heavy atom. The summed E-state index contributed by atoms with van der Waals surface area (Å²) >= 11 is 0. The van der Waals surface area contributed by atoms with Gasteiger partial charge in [0, 0.05) is 24.4 Å². The minimum absolute atomic E-state index is 0.114. The highest BCUT2D eigenvalue weighted by Gasteiger charge is 2.35. The third-order valence-corrected chi connectivity index (χ3v) is 4.82. The minimum atomic E-state index is -0.181. The van der Waals surface area contributed by atoms with E-state index in [2.05, 4.69) is 20.4 Å². The van der Waals surface area contributed by atoms with E-state index in [9.17, 15) is 4.79 Å². The summed E-state index contributed by atoms with van der Waals surface area (Å²) in [7, 11) is 0. The zero-order chi connectivity index (χ0) is 15.3. The Kier molecular flexibility index (Phi) is 5.82. The van der Waals surface area contributed by atoms with Gasteiger partial charge in [0.25, 0.3) is 0 Å². The standard InChI is InChI=1S/C17H29NO3/c1-4-17(3,16-20-12-13-21-16)9-7-8-14(2)15(19)18-10-5-6-11-18/h4,14,16H,1,5-13H2,2-3H3/t14?,17-/m1/s1. The fourth-order valence-corrected chi connectivity index (χ4v) is 3.22. The molecule has 2 saturated heterocycles. The summed E-state index contributed by atoms with van der Waals surface area (Å²) in [5.74, 6) is 0.434. The number of ether oxygens (including phenoxy) is 2. The molecule has 21 heavy (non-hydrogen) atoms. The van der Waals surface area contributed by atoms with Crippen molar-refractivity contribution >= 4 is 5.91 Å². The van der Waals surface area contributed by atoms with E-state index >= 15 is 0 Å². The van der Waals surface area contributed by atoms with Crippen molar-refractivity contribution in [3.05, 3.63) is 12.7 Å². The first-order valence-corrected chi connectivity index (χ1v) is 8.22. The molecule has 0 saturated carbocycles. The van der Waals surface area contributed by atoms with Crippen molar-refractivity contribution in [3.8, 4) is 0 Å². The summed E-state index contributed by atoms with van der Waals surface area (Å²) in [6, 6.07) is 0.